The zero-order chi connectivity index (χ0) is 15.9. The molecule has 0 aliphatic heterocycles. The topological polar surface area (TPSA) is 50.2 Å². The van der Waals surface area contributed by atoms with Gasteiger partial charge in [-0.05, 0) is 38.3 Å². The van der Waals surface area contributed by atoms with Crippen LogP contribution in [0.5, 0.6) is 0 Å². The first kappa shape index (κ1) is 16.1. The monoisotopic (exact) mass is 296 g/mol. The van der Waals surface area contributed by atoms with Crippen molar-refractivity contribution in [2.24, 2.45) is 5.10 Å². The van der Waals surface area contributed by atoms with Crippen LogP contribution in [-0.2, 0) is 12.8 Å². The summed E-state index contributed by atoms with van der Waals surface area (Å²) in [5.41, 5.74) is 8.42. The van der Waals surface area contributed by atoms with Gasteiger partial charge in [-0.2, -0.15) is 5.10 Å². The van der Waals surface area contributed by atoms with Crippen LogP contribution in [0.3, 0.4) is 0 Å². The Balaban J connectivity index is 2.20. The second-order valence-electron chi connectivity index (χ2n) is 5.39. The number of aryl methyl sites for hydroxylation is 3. The Morgan fingerprint density at radius 2 is 1.95 bits per heavy atom. The standard InChI is InChI=1S/C18H24N4/c1-5-9-16-12-13(3)19-18(20-16)22-21-14(4)17-11-8-7-10-15(17)6-2/h7-8,10-12H,5-6,9H2,1-4H3,(H,19,20,22). The quantitative estimate of drug-likeness (QED) is 0.644. The Hall–Kier alpha value is -2.23. The van der Waals surface area contributed by atoms with E-state index in [1.165, 1.54) is 11.1 Å². The zero-order valence-corrected chi connectivity index (χ0v) is 13.8. The summed E-state index contributed by atoms with van der Waals surface area (Å²) in [4.78, 5) is 8.90. The molecular formula is C18H24N4. The summed E-state index contributed by atoms with van der Waals surface area (Å²) in [5, 5.41) is 4.46. The van der Waals surface area contributed by atoms with E-state index in [0.29, 0.717) is 5.95 Å². The lowest BCUT2D eigenvalue weighted by Crippen LogP contribution is -2.06. The van der Waals surface area contributed by atoms with Gasteiger partial charge in [0.25, 0.3) is 0 Å². The largest absolute Gasteiger partial charge is 0.245 e. The van der Waals surface area contributed by atoms with E-state index in [0.717, 1.165) is 36.4 Å². The Bertz CT molecular complexity index is 662. The second kappa shape index (κ2) is 7.69. The first-order chi connectivity index (χ1) is 10.6. The molecule has 0 atom stereocenters. The van der Waals surface area contributed by atoms with Crippen LogP contribution in [0.1, 0.15) is 49.7 Å². The molecule has 4 heteroatoms. The molecule has 0 aliphatic carbocycles. The molecule has 0 fully saturated rings. The van der Waals surface area contributed by atoms with Gasteiger partial charge in [0.2, 0.25) is 5.95 Å². The van der Waals surface area contributed by atoms with Crippen molar-refractivity contribution >= 4 is 11.7 Å². The number of nitrogens with zero attached hydrogens (tertiary/aromatic N) is 3. The molecule has 0 unspecified atom stereocenters. The number of hydrazone groups is 1. The summed E-state index contributed by atoms with van der Waals surface area (Å²) in [7, 11) is 0. The van der Waals surface area contributed by atoms with Gasteiger partial charge in [0.15, 0.2) is 0 Å². The highest BCUT2D eigenvalue weighted by molar-refractivity contribution is 6.00. The smallest absolute Gasteiger partial charge is 0.243 e. The van der Waals surface area contributed by atoms with Crippen LogP contribution in [0.4, 0.5) is 5.95 Å². The van der Waals surface area contributed by atoms with E-state index in [4.69, 9.17) is 0 Å². The van der Waals surface area contributed by atoms with Gasteiger partial charge < -0.3 is 0 Å². The van der Waals surface area contributed by atoms with Crippen LogP contribution in [0.2, 0.25) is 0 Å². The average molecular weight is 296 g/mol. The molecule has 1 aromatic carbocycles. The minimum atomic E-state index is 0.566. The van der Waals surface area contributed by atoms with E-state index in [1.807, 2.05) is 26.0 Å². The fourth-order valence-corrected chi connectivity index (χ4v) is 2.44. The fourth-order valence-electron chi connectivity index (χ4n) is 2.44. The number of hydrogen-bond acceptors (Lipinski definition) is 4. The maximum absolute atomic E-state index is 4.50. The van der Waals surface area contributed by atoms with E-state index in [-0.39, 0.29) is 0 Å². The summed E-state index contributed by atoms with van der Waals surface area (Å²) >= 11 is 0. The zero-order valence-electron chi connectivity index (χ0n) is 13.8. The fraction of sp³-hybridized carbons (Fsp3) is 0.389. The average Bonchev–Trinajstić information content (AvgIpc) is 2.52. The maximum atomic E-state index is 4.50. The van der Waals surface area contributed by atoms with E-state index in [1.54, 1.807) is 0 Å². The van der Waals surface area contributed by atoms with Gasteiger partial charge in [0.1, 0.15) is 0 Å². The SMILES string of the molecule is CCCc1cc(C)nc(NN=C(C)c2ccccc2CC)n1. The third kappa shape index (κ3) is 4.13. The van der Waals surface area contributed by atoms with Crippen molar-refractivity contribution in [2.75, 3.05) is 5.43 Å². The second-order valence-corrected chi connectivity index (χ2v) is 5.39. The molecule has 0 radical (unpaired) electrons. The summed E-state index contributed by atoms with van der Waals surface area (Å²) in [6.45, 7) is 8.29. The normalized spacial score (nSPS) is 11.5. The van der Waals surface area contributed by atoms with Gasteiger partial charge >= 0.3 is 0 Å². The number of rotatable bonds is 6. The molecule has 22 heavy (non-hydrogen) atoms. The van der Waals surface area contributed by atoms with Crippen molar-refractivity contribution in [3.8, 4) is 0 Å². The molecular weight excluding hydrogens is 272 g/mol. The van der Waals surface area contributed by atoms with Gasteiger partial charge in [-0.25, -0.2) is 15.4 Å². The van der Waals surface area contributed by atoms with Gasteiger partial charge in [0.05, 0.1) is 5.71 Å². The van der Waals surface area contributed by atoms with Crippen molar-refractivity contribution in [1.82, 2.24) is 9.97 Å². The third-order valence-electron chi connectivity index (χ3n) is 3.53. The van der Waals surface area contributed by atoms with Gasteiger partial charge in [0, 0.05) is 17.0 Å². The van der Waals surface area contributed by atoms with Crippen LogP contribution in [-0.4, -0.2) is 15.7 Å². The molecule has 2 aromatic rings. The van der Waals surface area contributed by atoms with Crippen molar-refractivity contribution in [2.45, 2.75) is 47.0 Å². The molecule has 0 aliphatic rings. The van der Waals surface area contributed by atoms with E-state index in [9.17, 15) is 0 Å². The summed E-state index contributed by atoms with van der Waals surface area (Å²) < 4.78 is 0. The first-order valence-corrected chi connectivity index (χ1v) is 7.87. The predicted octanol–water partition coefficient (Wildman–Crippen LogP) is 4.14. The molecule has 0 saturated heterocycles. The molecule has 116 valence electrons. The van der Waals surface area contributed by atoms with E-state index in [2.05, 4.69) is 52.5 Å². The molecule has 4 nitrogen and oxygen atoms in total. The van der Waals surface area contributed by atoms with Gasteiger partial charge in [-0.15, -0.1) is 0 Å². The number of benzene rings is 1. The van der Waals surface area contributed by atoms with Crippen LogP contribution >= 0.6 is 0 Å². The molecule has 1 heterocycles. The summed E-state index contributed by atoms with van der Waals surface area (Å²) in [5.74, 6) is 0.566. The van der Waals surface area contributed by atoms with Crippen molar-refractivity contribution < 1.29 is 0 Å². The molecule has 0 saturated carbocycles. The number of nitrogens with one attached hydrogen (secondary N) is 1. The predicted molar refractivity (Wildman–Crippen MR) is 92.4 cm³/mol. The van der Waals surface area contributed by atoms with E-state index < -0.39 is 0 Å². The van der Waals surface area contributed by atoms with Crippen LogP contribution < -0.4 is 5.43 Å². The first-order valence-electron chi connectivity index (χ1n) is 7.87. The minimum Gasteiger partial charge on any atom is -0.245 e. The number of anilines is 1. The van der Waals surface area contributed by atoms with Crippen molar-refractivity contribution in [3.63, 3.8) is 0 Å². The van der Waals surface area contributed by atoms with Crippen molar-refractivity contribution in [3.05, 3.63) is 52.8 Å². The van der Waals surface area contributed by atoms with E-state index >= 15 is 0 Å². The lowest BCUT2D eigenvalue weighted by Gasteiger charge is -2.08. The Morgan fingerprint density at radius 3 is 2.68 bits per heavy atom. The highest BCUT2D eigenvalue weighted by Crippen LogP contribution is 2.12. The molecule has 1 N–H and O–H groups in total. The molecule has 1 aromatic heterocycles. The minimum absolute atomic E-state index is 0.566. The van der Waals surface area contributed by atoms with Crippen molar-refractivity contribution in [1.29, 1.82) is 0 Å². The number of aromatic nitrogens is 2. The maximum Gasteiger partial charge on any atom is 0.243 e. The molecule has 0 spiro atoms. The van der Waals surface area contributed by atoms with Gasteiger partial charge in [-0.1, -0.05) is 44.5 Å². The molecule has 0 bridgehead atoms. The Kier molecular flexibility index (Phi) is 5.64. The lowest BCUT2D eigenvalue weighted by molar-refractivity contribution is 0.866. The Morgan fingerprint density at radius 1 is 1.18 bits per heavy atom. The molecule has 0 amide bonds. The van der Waals surface area contributed by atoms with Crippen LogP contribution in [0.15, 0.2) is 35.4 Å². The van der Waals surface area contributed by atoms with Crippen LogP contribution in [0, 0.1) is 6.92 Å². The van der Waals surface area contributed by atoms with Crippen LogP contribution in [0.25, 0.3) is 0 Å². The third-order valence-corrected chi connectivity index (χ3v) is 3.53. The highest BCUT2D eigenvalue weighted by atomic mass is 15.4. The highest BCUT2D eigenvalue weighted by Gasteiger charge is 2.04. The number of hydrogen-bond donors (Lipinski definition) is 1. The summed E-state index contributed by atoms with van der Waals surface area (Å²) in [6, 6.07) is 10.4. The molecule has 2 rings (SSSR count). The van der Waals surface area contributed by atoms with Gasteiger partial charge in [-0.3, -0.25) is 0 Å². The summed E-state index contributed by atoms with van der Waals surface area (Å²) in [6.07, 6.45) is 3.02. The lowest BCUT2D eigenvalue weighted by atomic mass is 10.0. The Labute approximate surface area is 132 Å².